The summed E-state index contributed by atoms with van der Waals surface area (Å²) >= 11 is 0. The molecule has 142 valence electrons. The van der Waals surface area contributed by atoms with E-state index >= 15 is 0 Å². The highest BCUT2D eigenvalue weighted by Gasteiger charge is 2.26. The van der Waals surface area contributed by atoms with Crippen LogP contribution < -0.4 is 15.5 Å². The zero-order chi connectivity index (χ0) is 18.4. The van der Waals surface area contributed by atoms with Crippen LogP contribution in [0.25, 0.3) is 0 Å². The lowest BCUT2D eigenvalue weighted by Gasteiger charge is -2.35. The molecule has 2 fully saturated rings. The lowest BCUT2D eigenvalue weighted by molar-refractivity contribution is -0.126. The molecular formula is C20H30N4O2. The molecule has 0 aromatic carbocycles. The summed E-state index contributed by atoms with van der Waals surface area (Å²) in [5.74, 6) is 0.344. The SMILES string of the molecule is CCNC(=O)c1cc(N2CCC(NC(=O)C3CCCCC3)CC2)ccn1. The number of hydrogen-bond donors (Lipinski definition) is 2. The Balaban J connectivity index is 1.51. The molecule has 2 aliphatic rings. The molecule has 1 saturated heterocycles. The normalized spacial score (nSPS) is 19.2. The number of anilines is 1. The number of pyridine rings is 1. The zero-order valence-electron chi connectivity index (χ0n) is 15.7. The van der Waals surface area contributed by atoms with E-state index in [1.165, 1.54) is 19.3 Å². The van der Waals surface area contributed by atoms with Crippen molar-refractivity contribution in [3.63, 3.8) is 0 Å². The number of rotatable bonds is 5. The van der Waals surface area contributed by atoms with Crippen LogP contribution in [-0.2, 0) is 4.79 Å². The minimum atomic E-state index is -0.135. The highest BCUT2D eigenvalue weighted by molar-refractivity contribution is 5.93. The van der Waals surface area contributed by atoms with Crippen LogP contribution in [0.4, 0.5) is 5.69 Å². The monoisotopic (exact) mass is 358 g/mol. The molecule has 0 unspecified atom stereocenters. The first kappa shape index (κ1) is 18.7. The predicted octanol–water partition coefficient (Wildman–Crippen LogP) is 2.50. The van der Waals surface area contributed by atoms with Crippen molar-refractivity contribution in [3.8, 4) is 0 Å². The van der Waals surface area contributed by atoms with Gasteiger partial charge in [-0.05, 0) is 44.7 Å². The van der Waals surface area contributed by atoms with E-state index in [-0.39, 0.29) is 23.8 Å². The van der Waals surface area contributed by atoms with Crippen molar-refractivity contribution in [1.29, 1.82) is 0 Å². The van der Waals surface area contributed by atoms with Crippen LogP contribution >= 0.6 is 0 Å². The highest BCUT2D eigenvalue weighted by atomic mass is 16.2. The minimum absolute atomic E-state index is 0.135. The maximum absolute atomic E-state index is 12.4. The van der Waals surface area contributed by atoms with Gasteiger partial charge in [-0.25, -0.2) is 0 Å². The molecule has 1 aromatic heterocycles. The van der Waals surface area contributed by atoms with E-state index < -0.39 is 0 Å². The van der Waals surface area contributed by atoms with Gasteiger partial charge in [-0.15, -0.1) is 0 Å². The third kappa shape index (κ3) is 4.74. The fourth-order valence-electron chi connectivity index (χ4n) is 3.96. The van der Waals surface area contributed by atoms with Gasteiger partial charge in [-0.1, -0.05) is 19.3 Å². The second-order valence-corrected chi connectivity index (χ2v) is 7.36. The smallest absolute Gasteiger partial charge is 0.269 e. The van der Waals surface area contributed by atoms with Gasteiger partial charge in [-0.3, -0.25) is 14.6 Å². The van der Waals surface area contributed by atoms with Gasteiger partial charge in [0, 0.05) is 43.5 Å². The quantitative estimate of drug-likeness (QED) is 0.848. The van der Waals surface area contributed by atoms with Crippen LogP contribution in [-0.4, -0.2) is 42.5 Å². The number of carbonyl (C=O) groups is 2. The van der Waals surface area contributed by atoms with E-state index in [9.17, 15) is 9.59 Å². The summed E-state index contributed by atoms with van der Waals surface area (Å²) in [6.07, 6.45) is 9.31. The maximum Gasteiger partial charge on any atom is 0.269 e. The zero-order valence-corrected chi connectivity index (χ0v) is 15.7. The van der Waals surface area contributed by atoms with Crippen molar-refractivity contribution in [2.45, 2.75) is 57.9 Å². The van der Waals surface area contributed by atoms with Crippen LogP contribution in [0.5, 0.6) is 0 Å². The molecule has 0 spiro atoms. The standard InChI is InChI=1S/C20H30N4O2/c1-2-21-20(26)18-14-17(8-11-22-18)24-12-9-16(10-13-24)23-19(25)15-6-4-3-5-7-15/h8,11,14-16H,2-7,9-10,12-13H2,1H3,(H,21,26)(H,23,25). The molecule has 0 bridgehead atoms. The van der Waals surface area contributed by atoms with Crippen molar-refractivity contribution in [3.05, 3.63) is 24.0 Å². The molecular weight excluding hydrogens is 328 g/mol. The first-order valence-electron chi connectivity index (χ1n) is 9.97. The Bertz CT molecular complexity index is 620. The number of nitrogens with zero attached hydrogens (tertiary/aromatic N) is 2. The topological polar surface area (TPSA) is 74.3 Å². The molecule has 1 aromatic rings. The van der Waals surface area contributed by atoms with E-state index in [1.807, 2.05) is 19.1 Å². The molecule has 2 heterocycles. The van der Waals surface area contributed by atoms with E-state index in [2.05, 4.69) is 20.5 Å². The number of carbonyl (C=O) groups excluding carboxylic acids is 2. The fraction of sp³-hybridized carbons (Fsp3) is 0.650. The maximum atomic E-state index is 12.4. The fourth-order valence-corrected chi connectivity index (χ4v) is 3.96. The molecule has 6 heteroatoms. The Morgan fingerprint density at radius 3 is 2.58 bits per heavy atom. The lowest BCUT2D eigenvalue weighted by Crippen LogP contribution is -2.46. The molecule has 2 amide bonds. The molecule has 6 nitrogen and oxygen atoms in total. The Morgan fingerprint density at radius 1 is 1.15 bits per heavy atom. The number of nitrogens with one attached hydrogen (secondary N) is 2. The van der Waals surface area contributed by atoms with Crippen molar-refractivity contribution < 1.29 is 9.59 Å². The van der Waals surface area contributed by atoms with Crippen molar-refractivity contribution in [2.24, 2.45) is 5.92 Å². The van der Waals surface area contributed by atoms with Crippen LogP contribution in [0.2, 0.25) is 0 Å². The van der Waals surface area contributed by atoms with Gasteiger partial charge in [-0.2, -0.15) is 0 Å². The second kappa shape index (κ2) is 9.01. The van der Waals surface area contributed by atoms with Gasteiger partial charge in [0.2, 0.25) is 5.91 Å². The molecule has 0 radical (unpaired) electrons. The van der Waals surface area contributed by atoms with Crippen LogP contribution in [0, 0.1) is 5.92 Å². The minimum Gasteiger partial charge on any atom is -0.371 e. The summed E-state index contributed by atoms with van der Waals surface area (Å²) in [5.41, 5.74) is 1.48. The molecule has 2 N–H and O–H groups in total. The predicted molar refractivity (Wildman–Crippen MR) is 102 cm³/mol. The summed E-state index contributed by atoms with van der Waals surface area (Å²) < 4.78 is 0. The summed E-state index contributed by atoms with van der Waals surface area (Å²) in [6.45, 7) is 4.26. The second-order valence-electron chi connectivity index (χ2n) is 7.36. The van der Waals surface area contributed by atoms with E-state index in [4.69, 9.17) is 0 Å². The Kier molecular flexibility index (Phi) is 6.47. The van der Waals surface area contributed by atoms with Crippen LogP contribution in [0.3, 0.4) is 0 Å². The average Bonchev–Trinajstić information content (AvgIpc) is 2.69. The largest absolute Gasteiger partial charge is 0.371 e. The number of piperidine rings is 1. The summed E-state index contributed by atoms with van der Waals surface area (Å²) in [5, 5.41) is 6.05. The summed E-state index contributed by atoms with van der Waals surface area (Å²) in [4.78, 5) is 30.8. The Hall–Kier alpha value is -2.11. The Labute approximate surface area is 155 Å². The van der Waals surface area contributed by atoms with Gasteiger partial charge in [0.1, 0.15) is 5.69 Å². The van der Waals surface area contributed by atoms with Gasteiger partial charge in [0.05, 0.1) is 0 Å². The molecule has 3 rings (SSSR count). The van der Waals surface area contributed by atoms with Crippen molar-refractivity contribution in [2.75, 3.05) is 24.5 Å². The number of hydrogen-bond acceptors (Lipinski definition) is 4. The van der Waals surface area contributed by atoms with Crippen molar-refractivity contribution >= 4 is 17.5 Å². The first-order valence-corrected chi connectivity index (χ1v) is 9.97. The molecule has 1 aliphatic carbocycles. The molecule has 1 saturated carbocycles. The lowest BCUT2D eigenvalue weighted by atomic mass is 9.88. The van der Waals surface area contributed by atoms with Gasteiger partial charge >= 0.3 is 0 Å². The molecule has 1 aliphatic heterocycles. The Morgan fingerprint density at radius 2 is 1.88 bits per heavy atom. The van der Waals surface area contributed by atoms with Gasteiger partial charge in [0.25, 0.3) is 5.91 Å². The third-order valence-electron chi connectivity index (χ3n) is 5.50. The first-order chi connectivity index (χ1) is 12.7. The number of amides is 2. The van der Waals surface area contributed by atoms with Crippen LogP contribution in [0.15, 0.2) is 18.3 Å². The van der Waals surface area contributed by atoms with Crippen LogP contribution in [0.1, 0.15) is 62.4 Å². The summed E-state index contributed by atoms with van der Waals surface area (Å²) in [6, 6.07) is 4.07. The third-order valence-corrected chi connectivity index (χ3v) is 5.50. The van der Waals surface area contributed by atoms with E-state index in [1.54, 1.807) is 6.20 Å². The average molecular weight is 358 g/mol. The van der Waals surface area contributed by atoms with E-state index in [0.717, 1.165) is 44.5 Å². The summed E-state index contributed by atoms with van der Waals surface area (Å²) in [7, 11) is 0. The highest BCUT2D eigenvalue weighted by Crippen LogP contribution is 2.25. The van der Waals surface area contributed by atoms with E-state index in [0.29, 0.717) is 12.2 Å². The van der Waals surface area contributed by atoms with Gasteiger partial charge < -0.3 is 15.5 Å². The molecule has 0 atom stereocenters. The van der Waals surface area contributed by atoms with Gasteiger partial charge in [0.15, 0.2) is 0 Å². The number of aromatic nitrogens is 1. The van der Waals surface area contributed by atoms with Crippen molar-refractivity contribution in [1.82, 2.24) is 15.6 Å². The molecule has 26 heavy (non-hydrogen) atoms.